The molecule has 3 heterocycles. The van der Waals surface area contributed by atoms with Crippen molar-refractivity contribution >= 4 is 26.6 Å². The molecule has 4 aromatic carbocycles. The lowest BCUT2D eigenvalue weighted by atomic mass is 9.71. The van der Waals surface area contributed by atoms with E-state index in [1.165, 1.54) is 16.7 Å². The van der Waals surface area contributed by atoms with Gasteiger partial charge in [-0.15, -0.1) is 0 Å². The molecule has 1 aromatic heterocycles. The van der Waals surface area contributed by atoms with Gasteiger partial charge in [0.05, 0.1) is 17.0 Å². The molecule has 2 aliphatic heterocycles. The summed E-state index contributed by atoms with van der Waals surface area (Å²) in [5.74, 6) is 0.122. The molecule has 1 spiro atoms. The van der Waals surface area contributed by atoms with E-state index in [-0.39, 0.29) is 5.92 Å². The molecule has 0 saturated carbocycles. The Balaban J connectivity index is 1.44. The number of para-hydroxylation sites is 2. The second-order valence-corrected chi connectivity index (χ2v) is 12.5. The molecule has 2 aliphatic rings. The fourth-order valence-electron chi connectivity index (χ4n) is 6.44. The number of aromatic amines is 1. The zero-order valence-electron chi connectivity index (χ0n) is 21.2. The number of anilines is 1. The highest BCUT2D eigenvalue weighted by Gasteiger charge is 2.49. The molecular formula is C32H29N3O2S. The van der Waals surface area contributed by atoms with Crippen LogP contribution in [0.1, 0.15) is 40.3 Å². The maximum Gasteiger partial charge on any atom is 0.243 e. The third-order valence-corrected chi connectivity index (χ3v) is 9.97. The minimum absolute atomic E-state index is 0.122. The molecule has 0 bridgehead atoms. The summed E-state index contributed by atoms with van der Waals surface area (Å²) in [4.78, 5) is 3.91. The normalized spacial score (nSPS) is 21.1. The molecule has 0 fully saturated rings. The number of benzene rings is 4. The Kier molecular flexibility index (Phi) is 5.25. The van der Waals surface area contributed by atoms with Crippen LogP contribution in [0.4, 0.5) is 5.69 Å². The largest absolute Gasteiger partial charge is 0.374 e. The number of nitrogens with zero attached hydrogens (tertiary/aromatic N) is 1. The van der Waals surface area contributed by atoms with Gasteiger partial charge in [-0.3, -0.25) is 0 Å². The molecular weight excluding hydrogens is 490 g/mol. The molecule has 38 heavy (non-hydrogen) atoms. The van der Waals surface area contributed by atoms with Gasteiger partial charge in [-0.2, -0.15) is 4.31 Å². The molecule has 5 nitrogen and oxygen atoms in total. The Morgan fingerprint density at radius 1 is 0.842 bits per heavy atom. The Bertz CT molecular complexity index is 1760. The van der Waals surface area contributed by atoms with Crippen molar-refractivity contribution in [3.8, 4) is 0 Å². The molecule has 0 saturated heterocycles. The Labute approximate surface area is 223 Å². The van der Waals surface area contributed by atoms with Crippen molar-refractivity contribution in [1.29, 1.82) is 0 Å². The molecule has 190 valence electrons. The number of aromatic nitrogens is 1. The van der Waals surface area contributed by atoms with E-state index in [1.54, 1.807) is 16.4 Å². The van der Waals surface area contributed by atoms with Gasteiger partial charge in [-0.1, -0.05) is 84.4 Å². The molecule has 0 unspecified atom stereocenters. The zero-order chi connectivity index (χ0) is 25.9. The van der Waals surface area contributed by atoms with Gasteiger partial charge in [0.1, 0.15) is 0 Å². The van der Waals surface area contributed by atoms with Gasteiger partial charge in [0.25, 0.3) is 0 Å². The Hall–Kier alpha value is -3.87. The summed E-state index contributed by atoms with van der Waals surface area (Å²) in [5.41, 5.74) is 7.12. The van der Waals surface area contributed by atoms with Crippen molar-refractivity contribution in [3.63, 3.8) is 0 Å². The average molecular weight is 520 g/mol. The van der Waals surface area contributed by atoms with E-state index in [1.807, 2.05) is 37.3 Å². The van der Waals surface area contributed by atoms with Crippen molar-refractivity contribution in [2.75, 3.05) is 11.9 Å². The van der Waals surface area contributed by atoms with Crippen molar-refractivity contribution in [2.24, 2.45) is 0 Å². The van der Waals surface area contributed by atoms with Crippen LogP contribution in [-0.4, -0.2) is 24.3 Å². The average Bonchev–Trinajstić information content (AvgIpc) is 3.33. The van der Waals surface area contributed by atoms with Crippen molar-refractivity contribution < 1.29 is 8.42 Å². The predicted octanol–water partition coefficient (Wildman–Crippen LogP) is 6.52. The van der Waals surface area contributed by atoms with Crippen molar-refractivity contribution in [1.82, 2.24) is 9.29 Å². The first-order valence-electron chi connectivity index (χ1n) is 13.0. The van der Waals surface area contributed by atoms with Gasteiger partial charge >= 0.3 is 0 Å². The SMILES string of the molecule is Cc1ccc(S(=O)(=O)N2Cc3[nH]c4ccccc4c3[C@]3(C[C@H](c4ccccc4)c4ccccc4N3)C2)cc1. The number of aryl methyl sites for hydroxylation is 1. The van der Waals surface area contributed by atoms with Crippen LogP contribution in [0, 0.1) is 6.92 Å². The van der Waals surface area contributed by atoms with Crippen molar-refractivity contribution in [3.05, 3.63) is 131 Å². The maximum atomic E-state index is 14.0. The lowest BCUT2D eigenvalue weighted by molar-refractivity contribution is 0.265. The number of rotatable bonds is 3. The summed E-state index contributed by atoms with van der Waals surface area (Å²) in [5, 5.41) is 5.03. The summed E-state index contributed by atoms with van der Waals surface area (Å²) >= 11 is 0. The molecule has 6 heteroatoms. The highest BCUT2D eigenvalue weighted by molar-refractivity contribution is 7.89. The van der Waals surface area contributed by atoms with Gasteiger partial charge < -0.3 is 10.3 Å². The molecule has 7 rings (SSSR count). The van der Waals surface area contributed by atoms with E-state index >= 15 is 0 Å². The Morgan fingerprint density at radius 2 is 1.55 bits per heavy atom. The number of H-pyrrole nitrogens is 1. The molecule has 0 aliphatic carbocycles. The smallest absolute Gasteiger partial charge is 0.243 e. The molecule has 0 amide bonds. The minimum atomic E-state index is -3.72. The highest BCUT2D eigenvalue weighted by atomic mass is 32.2. The number of sulfonamides is 1. The van der Waals surface area contributed by atoms with Crippen LogP contribution >= 0.6 is 0 Å². The maximum absolute atomic E-state index is 14.0. The van der Waals surface area contributed by atoms with Gasteiger partial charge in [0, 0.05) is 40.3 Å². The Morgan fingerprint density at radius 3 is 2.37 bits per heavy atom. The van der Waals surface area contributed by atoms with Crippen LogP contribution in [0.2, 0.25) is 0 Å². The van der Waals surface area contributed by atoms with Crippen LogP contribution < -0.4 is 5.32 Å². The third kappa shape index (κ3) is 3.59. The van der Waals surface area contributed by atoms with Crippen LogP contribution in [-0.2, 0) is 22.1 Å². The summed E-state index contributed by atoms with van der Waals surface area (Å²) in [6, 6.07) is 34.5. The second-order valence-electron chi connectivity index (χ2n) is 10.6. The number of hydrogen-bond donors (Lipinski definition) is 2. The van der Waals surface area contributed by atoms with E-state index in [0.29, 0.717) is 18.0 Å². The standard InChI is InChI=1S/C32H29N3O2S/c1-22-15-17-24(18-16-22)38(36,37)35-20-30-31(26-12-6-7-13-28(26)33-30)32(21-35)19-27(23-9-3-2-4-10-23)25-11-5-8-14-29(25)34-32/h2-18,27,33-34H,19-21H2,1H3/t27-,32+/m1/s1. The second kappa shape index (κ2) is 8.58. The fraction of sp³-hybridized carbons (Fsp3) is 0.188. The summed E-state index contributed by atoms with van der Waals surface area (Å²) in [6.45, 7) is 2.62. The molecule has 2 atom stereocenters. The first-order chi connectivity index (χ1) is 18.4. The highest BCUT2D eigenvalue weighted by Crippen LogP contribution is 2.51. The van der Waals surface area contributed by atoms with E-state index in [0.717, 1.165) is 34.3 Å². The fourth-order valence-corrected chi connectivity index (χ4v) is 7.91. The first-order valence-corrected chi connectivity index (χ1v) is 14.5. The minimum Gasteiger partial charge on any atom is -0.374 e. The van der Waals surface area contributed by atoms with Gasteiger partial charge in [0.15, 0.2) is 0 Å². The van der Waals surface area contributed by atoms with E-state index in [9.17, 15) is 8.42 Å². The number of hydrogen-bond acceptors (Lipinski definition) is 3. The zero-order valence-corrected chi connectivity index (χ0v) is 22.0. The summed E-state index contributed by atoms with van der Waals surface area (Å²) in [7, 11) is -3.72. The first kappa shape index (κ1) is 23.3. The van der Waals surface area contributed by atoms with E-state index in [4.69, 9.17) is 0 Å². The van der Waals surface area contributed by atoms with Crippen molar-refractivity contribution in [2.45, 2.75) is 36.2 Å². The number of fused-ring (bicyclic) bond motifs is 5. The quantitative estimate of drug-likeness (QED) is 0.285. The van der Waals surface area contributed by atoms with Crippen LogP contribution in [0.5, 0.6) is 0 Å². The molecule has 2 N–H and O–H groups in total. The topological polar surface area (TPSA) is 65.2 Å². The van der Waals surface area contributed by atoms with Gasteiger partial charge in [0.2, 0.25) is 10.0 Å². The lowest BCUT2D eigenvalue weighted by Gasteiger charge is -2.48. The number of nitrogens with one attached hydrogen (secondary N) is 2. The lowest BCUT2D eigenvalue weighted by Crippen LogP contribution is -2.54. The van der Waals surface area contributed by atoms with E-state index in [2.05, 4.69) is 71.0 Å². The molecule has 5 aromatic rings. The predicted molar refractivity (Wildman–Crippen MR) is 152 cm³/mol. The van der Waals surface area contributed by atoms with Crippen LogP contribution in [0.3, 0.4) is 0 Å². The van der Waals surface area contributed by atoms with Gasteiger partial charge in [-0.25, -0.2) is 8.42 Å². The molecule has 0 radical (unpaired) electrons. The summed E-state index contributed by atoms with van der Waals surface area (Å²) < 4.78 is 29.7. The third-order valence-electron chi connectivity index (χ3n) is 8.17. The van der Waals surface area contributed by atoms with Crippen LogP contribution in [0.15, 0.2) is 108 Å². The van der Waals surface area contributed by atoms with Gasteiger partial charge in [-0.05, 0) is 48.7 Å². The monoisotopic (exact) mass is 519 g/mol. The van der Waals surface area contributed by atoms with Crippen LogP contribution in [0.25, 0.3) is 10.9 Å². The summed E-state index contributed by atoms with van der Waals surface area (Å²) in [6.07, 6.45) is 0.739. The van der Waals surface area contributed by atoms with E-state index < -0.39 is 15.6 Å².